The summed E-state index contributed by atoms with van der Waals surface area (Å²) in [4.78, 5) is 6.66. The molecule has 0 heterocycles. The predicted molar refractivity (Wildman–Crippen MR) is 102 cm³/mol. The van der Waals surface area contributed by atoms with Gasteiger partial charge in [0.2, 0.25) is 0 Å². The summed E-state index contributed by atoms with van der Waals surface area (Å²) in [5, 5.41) is 11.5. The highest BCUT2D eigenvalue weighted by molar-refractivity contribution is 6.10. The molecule has 0 fully saturated rings. The van der Waals surface area contributed by atoms with Gasteiger partial charge in [0.25, 0.3) is 0 Å². The third-order valence-corrected chi connectivity index (χ3v) is 3.74. The van der Waals surface area contributed by atoms with Crippen LogP contribution in [0.2, 0.25) is 0 Å². The lowest BCUT2D eigenvalue weighted by molar-refractivity contribution is 0.589. The van der Waals surface area contributed by atoms with Gasteiger partial charge in [-0.2, -0.15) is 0 Å². The van der Waals surface area contributed by atoms with E-state index in [0.29, 0.717) is 0 Å². The summed E-state index contributed by atoms with van der Waals surface area (Å²) in [5.41, 5.74) is 2.88. The minimum Gasteiger partial charge on any atom is -0.332 e. The van der Waals surface area contributed by atoms with Crippen LogP contribution >= 0.6 is 0 Å². The van der Waals surface area contributed by atoms with Gasteiger partial charge in [0.1, 0.15) is 5.84 Å². The van der Waals surface area contributed by atoms with Crippen molar-refractivity contribution in [3.63, 3.8) is 0 Å². The maximum atomic E-state index is 8.35. The number of nitrogens with one attached hydrogen (secondary N) is 2. The van der Waals surface area contributed by atoms with Crippen molar-refractivity contribution in [2.45, 2.75) is 6.92 Å². The molecule has 0 saturated heterocycles. The second-order valence-electron chi connectivity index (χ2n) is 5.39. The van der Waals surface area contributed by atoms with E-state index >= 15 is 0 Å². The Morgan fingerprint density at radius 3 is 2.08 bits per heavy atom. The summed E-state index contributed by atoms with van der Waals surface area (Å²) in [6, 6.07) is 19.6. The molecule has 0 saturated carbocycles. The first kappa shape index (κ1) is 17.6. The van der Waals surface area contributed by atoms with E-state index in [-0.39, 0.29) is 5.84 Å². The molecule has 0 amide bonds. The number of benzene rings is 2. The van der Waals surface area contributed by atoms with E-state index in [1.165, 1.54) is 0 Å². The molecule has 0 spiro atoms. The zero-order chi connectivity index (χ0) is 17.4. The minimum atomic E-state index is 0.251. The maximum absolute atomic E-state index is 8.35. The van der Waals surface area contributed by atoms with Crippen LogP contribution in [0, 0.1) is 5.41 Å². The fourth-order valence-corrected chi connectivity index (χ4v) is 2.42. The van der Waals surface area contributed by atoms with Crippen molar-refractivity contribution < 1.29 is 0 Å². The lowest BCUT2D eigenvalue weighted by Gasteiger charge is -2.24. The Labute approximate surface area is 144 Å². The number of likely N-dealkylation sites (N-methyl/N-ethyl adjacent to an activating group) is 2. The monoisotopic (exact) mass is 320 g/mol. The quantitative estimate of drug-likeness (QED) is 0.654. The second-order valence-corrected chi connectivity index (χ2v) is 5.39. The van der Waals surface area contributed by atoms with E-state index in [0.717, 1.165) is 29.2 Å². The molecule has 24 heavy (non-hydrogen) atoms. The Hall–Kier alpha value is -2.72. The van der Waals surface area contributed by atoms with Crippen LogP contribution in [0.15, 0.2) is 77.4 Å². The van der Waals surface area contributed by atoms with Gasteiger partial charge in [0.05, 0.1) is 0 Å². The molecule has 0 atom stereocenters. The van der Waals surface area contributed by atoms with E-state index in [9.17, 15) is 0 Å². The van der Waals surface area contributed by atoms with Crippen molar-refractivity contribution in [3.05, 3.63) is 83.6 Å². The number of nitrogens with zero attached hydrogens (tertiary/aromatic N) is 2. The van der Waals surface area contributed by atoms with Gasteiger partial charge in [-0.15, -0.1) is 0 Å². The summed E-state index contributed by atoms with van der Waals surface area (Å²) in [6.45, 7) is 2.74. The third kappa shape index (κ3) is 4.40. The molecule has 0 radical (unpaired) electrons. The molecule has 0 bridgehead atoms. The van der Waals surface area contributed by atoms with Crippen molar-refractivity contribution >= 4 is 11.7 Å². The van der Waals surface area contributed by atoms with Crippen molar-refractivity contribution in [3.8, 4) is 0 Å². The van der Waals surface area contributed by atoms with Gasteiger partial charge in [-0.1, -0.05) is 66.7 Å². The molecule has 2 rings (SSSR count). The van der Waals surface area contributed by atoms with E-state index in [2.05, 4.69) is 16.4 Å². The molecule has 0 aromatic heterocycles. The van der Waals surface area contributed by atoms with E-state index in [4.69, 9.17) is 5.41 Å². The number of hydrogen-bond acceptors (Lipinski definition) is 2. The van der Waals surface area contributed by atoms with Crippen LogP contribution in [-0.4, -0.2) is 37.2 Å². The summed E-state index contributed by atoms with van der Waals surface area (Å²) in [5.74, 6) is 1.01. The molecule has 0 aliphatic carbocycles. The fourth-order valence-electron chi connectivity index (χ4n) is 2.42. The molecule has 0 unspecified atom stereocenters. The summed E-state index contributed by atoms with van der Waals surface area (Å²) < 4.78 is 0. The molecule has 4 nitrogen and oxygen atoms in total. The average molecular weight is 320 g/mol. The van der Waals surface area contributed by atoms with Gasteiger partial charge in [-0.3, -0.25) is 5.41 Å². The van der Waals surface area contributed by atoms with Gasteiger partial charge < -0.3 is 10.2 Å². The van der Waals surface area contributed by atoms with Crippen LogP contribution < -0.4 is 5.32 Å². The molecule has 124 valence electrons. The predicted octanol–water partition coefficient (Wildman–Crippen LogP) is 3.51. The number of hydrogen-bond donors (Lipinski definition) is 2. The smallest absolute Gasteiger partial charge is 0.154 e. The highest BCUT2D eigenvalue weighted by atomic mass is 15.2. The molecule has 2 aromatic carbocycles. The molecule has 2 N–H and O–H groups in total. The summed E-state index contributed by atoms with van der Waals surface area (Å²) in [6.07, 6.45) is 2.06. The number of aliphatic imine (C=N–C) groups is 1. The normalized spacial score (nSPS) is 12.1. The second kappa shape index (κ2) is 8.79. The first-order valence-corrected chi connectivity index (χ1v) is 7.99. The SMILES string of the molecule is C/C=C(\CNC)N(C)/C(=N\C(=N)c1ccccc1)c1ccccc1. The van der Waals surface area contributed by atoms with Gasteiger partial charge in [-0.25, -0.2) is 4.99 Å². The van der Waals surface area contributed by atoms with Crippen molar-refractivity contribution in [1.82, 2.24) is 10.2 Å². The van der Waals surface area contributed by atoms with Crippen LogP contribution in [0.4, 0.5) is 0 Å². The first-order valence-electron chi connectivity index (χ1n) is 7.99. The Morgan fingerprint density at radius 1 is 1.04 bits per heavy atom. The van der Waals surface area contributed by atoms with Crippen LogP contribution in [-0.2, 0) is 0 Å². The fraction of sp³-hybridized carbons (Fsp3) is 0.200. The van der Waals surface area contributed by atoms with E-state index in [1.54, 1.807) is 0 Å². The Bertz CT molecular complexity index is 718. The Kier molecular flexibility index (Phi) is 6.46. The molecule has 0 aliphatic heterocycles. The Morgan fingerprint density at radius 2 is 1.58 bits per heavy atom. The zero-order valence-corrected chi connectivity index (χ0v) is 14.5. The van der Waals surface area contributed by atoms with Gasteiger partial charge >= 0.3 is 0 Å². The molecule has 4 heteroatoms. The third-order valence-electron chi connectivity index (χ3n) is 3.74. The largest absolute Gasteiger partial charge is 0.332 e. The number of amidine groups is 2. The van der Waals surface area contributed by atoms with Crippen LogP contribution in [0.3, 0.4) is 0 Å². The van der Waals surface area contributed by atoms with Crippen LogP contribution in [0.25, 0.3) is 0 Å². The van der Waals surface area contributed by atoms with Crippen molar-refractivity contribution in [2.75, 3.05) is 20.6 Å². The number of allylic oxidation sites excluding steroid dienone is 1. The molecule has 0 aliphatic rings. The first-order chi connectivity index (χ1) is 11.7. The summed E-state index contributed by atoms with van der Waals surface area (Å²) >= 11 is 0. The highest BCUT2D eigenvalue weighted by Crippen LogP contribution is 2.12. The molecular weight excluding hydrogens is 296 g/mol. The van der Waals surface area contributed by atoms with Gasteiger partial charge in [-0.05, 0) is 14.0 Å². The van der Waals surface area contributed by atoms with E-state index < -0.39 is 0 Å². The minimum absolute atomic E-state index is 0.251. The topological polar surface area (TPSA) is 51.5 Å². The van der Waals surface area contributed by atoms with Gasteiger partial charge in [0.15, 0.2) is 5.84 Å². The van der Waals surface area contributed by atoms with Crippen molar-refractivity contribution in [1.29, 1.82) is 5.41 Å². The number of rotatable bonds is 5. The lowest BCUT2D eigenvalue weighted by atomic mass is 10.1. The van der Waals surface area contributed by atoms with Crippen molar-refractivity contribution in [2.24, 2.45) is 4.99 Å². The Balaban J connectivity index is 2.44. The lowest BCUT2D eigenvalue weighted by Crippen LogP contribution is -2.32. The van der Waals surface area contributed by atoms with E-state index in [1.807, 2.05) is 86.6 Å². The molecule has 2 aromatic rings. The van der Waals surface area contributed by atoms with Crippen LogP contribution in [0.1, 0.15) is 18.1 Å². The standard InChI is InChI=1S/C20H24N4/c1-4-18(15-22-2)24(3)20(17-13-9-6-10-14-17)23-19(21)16-11-7-5-8-12-16/h4-14,21-22H,15H2,1-3H3/b18-4+,21-19?,23-20-. The maximum Gasteiger partial charge on any atom is 0.154 e. The highest BCUT2D eigenvalue weighted by Gasteiger charge is 2.14. The zero-order valence-electron chi connectivity index (χ0n) is 14.5. The average Bonchev–Trinajstić information content (AvgIpc) is 2.65. The summed E-state index contributed by atoms with van der Waals surface area (Å²) in [7, 11) is 3.90. The molecular formula is C20H24N4. The van der Waals surface area contributed by atoms with Crippen LogP contribution in [0.5, 0.6) is 0 Å². The van der Waals surface area contributed by atoms with Gasteiger partial charge in [0, 0.05) is 30.4 Å².